The van der Waals surface area contributed by atoms with Gasteiger partial charge in [0.05, 0.1) is 28.6 Å². The third kappa shape index (κ3) is 3.18. The summed E-state index contributed by atoms with van der Waals surface area (Å²) in [7, 11) is 0. The molecule has 31 heavy (non-hydrogen) atoms. The molecule has 0 saturated heterocycles. The summed E-state index contributed by atoms with van der Waals surface area (Å²) in [4.78, 5) is 28.1. The number of rotatable bonds is 2. The monoisotopic (exact) mass is 480 g/mol. The van der Waals surface area contributed by atoms with Crippen molar-refractivity contribution in [1.29, 1.82) is 0 Å². The van der Waals surface area contributed by atoms with Crippen molar-refractivity contribution in [3.63, 3.8) is 0 Å². The van der Waals surface area contributed by atoms with Crippen molar-refractivity contribution in [1.82, 2.24) is 19.1 Å². The van der Waals surface area contributed by atoms with Gasteiger partial charge in [-0.25, -0.2) is 8.91 Å². The minimum atomic E-state index is -0.487. The predicted molar refractivity (Wildman–Crippen MR) is 118 cm³/mol. The summed E-state index contributed by atoms with van der Waals surface area (Å²) in [6, 6.07) is 13.8. The Bertz CT molecular complexity index is 1390. The second kappa shape index (κ2) is 7.46. The molecule has 6 nitrogen and oxygen atoms in total. The molecule has 0 radical (unpaired) electrons. The zero-order valence-corrected chi connectivity index (χ0v) is 18.3. The van der Waals surface area contributed by atoms with Crippen molar-refractivity contribution in [2.75, 3.05) is 6.54 Å². The quantitative estimate of drug-likeness (QED) is 0.437. The number of hydrogen-bond donors (Lipinski definition) is 0. The molecule has 0 bridgehead atoms. The predicted octanol–water partition coefficient (Wildman–Crippen LogP) is 3.89. The van der Waals surface area contributed by atoms with E-state index in [9.17, 15) is 14.0 Å². The molecule has 1 amide bonds. The zero-order chi connectivity index (χ0) is 21.7. The van der Waals surface area contributed by atoms with Crippen LogP contribution in [0.15, 0.2) is 64.0 Å². The summed E-state index contributed by atoms with van der Waals surface area (Å²) in [5.41, 5.74) is 3.82. The molecule has 0 saturated carbocycles. The van der Waals surface area contributed by atoms with Gasteiger partial charge in [0.15, 0.2) is 0 Å². The molecule has 156 valence electrons. The SMILES string of the molecule is Cc1cnn2c3c(c(=O)n(-c4ccccc4)c12)CCN(C(=O)c1ccc(Br)c(F)c1)C3. The van der Waals surface area contributed by atoms with Gasteiger partial charge in [-0.3, -0.25) is 14.2 Å². The van der Waals surface area contributed by atoms with Gasteiger partial charge in [-0.05, 0) is 59.6 Å². The van der Waals surface area contributed by atoms with Crippen LogP contribution in [0.4, 0.5) is 4.39 Å². The standard InChI is InChI=1S/C23H18BrFN4O2/c1-14-12-26-29-20-13-27(22(30)15-7-8-18(24)19(25)11-15)10-9-17(20)23(31)28(21(14)29)16-5-3-2-4-6-16/h2-8,11-12H,9-10,13H2,1H3. The number of aromatic nitrogens is 3. The molecule has 5 rings (SSSR count). The maximum Gasteiger partial charge on any atom is 0.261 e. The molecule has 2 aromatic heterocycles. The molecule has 0 fully saturated rings. The zero-order valence-electron chi connectivity index (χ0n) is 16.7. The largest absolute Gasteiger partial charge is 0.332 e. The van der Waals surface area contributed by atoms with Gasteiger partial charge in [0, 0.05) is 23.2 Å². The lowest BCUT2D eigenvalue weighted by molar-refractivity contribution is 0.0729. The maximum atomic E-state index is 13.9. The maximum absolute atomic E-state index is 13.9. The van der Waals surface area contributed by atoms with Crippen LogP contribution in [-0.4, -0.2) is 31.5 Å². The highest BCUT2D eigenvalue weighted by molar-refractivity contribution is 9.10. The van der Waals surface area contributed by atoms with Gasteiger partial charge in [-0.2, -0.15) is 5.10 Å². The van der Waals surface area contributed by atoms with Gasteiger partial charge in [0.2, 0.25) is 0 Å². The molecule has 0 atom stereocenters. The van der Waals surface area contributed by atoms with Crippen LogP contribution in [0, 0.1) is 12.7 Å². The second-order valence-corrected chi connectivity index (χ2v) is 8.42. The first-order valence-corrected chi connectivity index (χ1v) is 10.7. The van der Waals surface area contributed by atoms with Crippen LogP contribution in [0.1, 0.15) is 27.2 Å². The summed E-state index contributed by atoms with van der Waals surface area (Å²) in [5, 5.41) is 4.50. The third-order valence-electron chi connectivity index (χ3n) is 5.64. The molecule has 0 N–H and O–H groups in total. The highest BCUT2D eigenvalue weighted by Crippen LogP contribution is 2.24. The van der Waals surface area contributed by atoms with Crippen molar-refractivity contribution in [3.05, 3.63) is 97.8 Å². The Balaban J connectivity index is 1.62. The van der Waals surface area contributed by atoms with E-state index in [4.69, 9.17) is 0 Å². The summed E-state index contributed by atoms with van der Waals surface area (Å²) < 4.78 is 17.7. The van der Waals surface area contributed by atoms with E-state index in [1.807, 2.05) is 37.3 Å². The van der Waals surface area contributed by atoms with E-state index >= 15 is 0 Å². The molecule has 3 heterocycles. The number of carbonyl (C=O) groups is 1. The Hall–Kier alpha value is -3.26. The first-order valence-electron chi connectivity index (χ1n) is 9.86. The summed E-state index contributed by atoms with van der Waals surface area (Å²) in [6.45, 7) is 2.51. The van der Waals surface area contributed by atoms with Crippen LogP contribution in [-0.2, 0) is 13.0 Å². The number of aryl methyl sites for hydroxylation is 1. The highest BCUT2D eigenvalue weighted by Gasteiger charge is 2.28. The normalized spacial score (nSPS) is 13.5. The van der Waals surface area contributed by atoms with E-state index < -0.39 is 5.82 Å². The number of para-hydroxylation sites is 1. The van der Waals surface area contributed by atoms with Gasteiger partial charge in [-0.1, -0.05) is 18.2 Å². The number of fused-ring (bicyclic) bond motifs is 3. The molecular formula is C23H18BrFN4O2. The fourth-order valence-electron chi connectivity index (χ4n) is 4.10. The van der Waals surface area contributed by atoms with E-state index in [1.54, 1.807) is 26.2 Å². The van der Waals surface area contributed by atoms with E-state index in [0.717, 1.165) is 11.3 Å². The molecular weight excluding hydrogens is 463 g/mol. The first-order chi connectivity index (χ1) is 15.0. The van der Waals surface area contributed by atoms with Crippen molar-refractivity contribution in [2.24, 2.45) is 0 Å². The first kappa shape index (κ1) is 19.7. The average molecular weight is 481 g/mol. The van der Waals surface area contributed by atoms with Crippen LogP contribution in [0.2, 0.25) is 0 Å². The fraction of sp³-hybridized carbons (Fsp3) is 0.174. The summed E-state index contributed by atoms with van der Waals surface area (Å²) >= 11 is 3.11. The van der Waals surface area contributed by atoms with Crippen LogP contribution >= 0.6 is 15.9 Å². The number of halogens is 2. The van der Waals surface area contributed by atoms with E-state index in [-0.39, 0.29) is 23.6 Å². The van der Waals surface area contributed by atoms with Crippen molar-refractivity contribution in [2.45, 2.75) is 19.9 Å². The molecule has 0 spiro atoms. The molecule has 2 aromatic carbocycles. The number of carbonyl (C=O) groups excluding carboxylic acids is 1. The van der Waals surface area contributed by atoms with Crippen molar-refractivity contribution >= 4 is 27.5 Å². The number of amides is 1. The molecule has 4 aromatic rings. The van der Waals surface area contributed by atoms with Crippen LogP contribution in [0.3, 0.4) is 0 Å². The van der Waals surface area contributed by atoms with Crippen LogP contribution in [0.25, 0.3) is 11.3 Å². The van der Waals surface area contributed by atoms with Crippen molar-refractivity contribution < 1.29 is 9.18 Å². The molecule has 8 heteroatoms. The Morgan fingerprint density at radius 1 is 1.16 bits per heavy atom. The Morgan fingerprint density at radius 2 is 1.94 bits per heavy atom. The lowest BCUT2D eigenvalue weighted by atomic mass is 10.0. The minimum absolute atomic E-state index is 0.0981. The number of nitrogens with zero attached hydrogens (tertiary/aromatic N) is 4. The summed E-state index contributed by atoms with van der Waals surface area (Å²) in [5.74, 6) is -0.764. The minimum Gasteiger partial charge on any atom is -0.332 e. The van der Waals surface area contributed by atoms with Gasteiger partial charge < -0.3 is 4.90 Å². The van der Waals surface area contributed by atoms with Gasteiger partial charge in [-0.15, -0.1) is 0 Å². The number of benzene rings is 2. The lowest BCUT2D eigenvalue weighted by Crippen LogP contribution is -2.41. The Labute approximate surface area is 185 Å². The fourth-order valence-corrected chi connectivity index (χ4v) is 4.34. The smallest absolute Gasteiger partial charge is 0.261 e. The van der Waals surface area contributed by atoms with Gasteiger partial charge in [0.1, 0.15) is 11.5 Å². The lowest BCUT2D eigenvalue weighted by Gasteiger charge is -2.29. The van der Waals surface area contributed by atoms with E-state index in [2.05, 4.69) is 21.0 Å². The number of hydrogen-bond acceptors (Lipinski definition) is 3. The second-order valence-electron chi connectivity index (χ2n) is 7.57. The Kier molecular flexibility index (Phi) is 4.74. The van der Waals surface area contributed by atoms with Gasteiger partial charge >= 0.3 is 0 Å². The van der Waals surface area contributed by atoms with Crippen LogP contribution in [0.5, 0.6) is 0 Å². The van der Waals surface area contributed by atoms with Crippen molar-refractivity contribution in [3.8, 4) is 5.69 Å². The van der Waals surface area contributed by atoms with E-state index in [1.165, 1.54) is 12.1 Å². The third-order valence-corrected chi connectivity index (χ3v) is 6.28. The molecule has 0 aliphatic carbocycles. The average Bonchev–Trinajstić information content (AvgIpc) is 3.17. The van der Waals surface area contributed by atoms with E-state index in [0.29, 0.717) is 34.3 Å². The highest BCUT2D eigenvalue weighted by atomic mass is 79.9. The molecule has 1 aliphatic rings. The van der Waals surface area contributed by atoms with Gasteiger partial charge in [0.25, 0.3) is 11.5 Å². The molecule has 1 aliphatic heterocycles. The van der Waals surface area contributed by atoms with Crippen LogP contribution < -0.4 is 5.56 Å². The topological polar surface area (TPSA) is 59.6 Å². The summed E-state index contributed by atoms with van der Waals surface area (Å²) in [6.07, 6.45) is 2.12. The Morgan fingerprint density at radius 3 is 2.68 bits per heavy atom. The molecule has 0 unspecified atom stereocenters.